The summed E-state index contributed by atoms with van der Waals surface area (Å²) in [4.78, 5) is 44.4. The average molecular weight is 591 g/mol. The first-order valence-corrected chi connectivity index (χ1v) is 13.2. The van der Waals surface area contributed by atoms with Gasteiger partial charge in [-0.25, -0.2) is 13.8 Å². The van der Waals surface area contributed by atoms with Crippen molar-refractivity contribution in [3.05, 3.63) is 108 Å². The second-order valence-electron chi connectivity index (χ2n) is 10.2. The number of halogens is 3. The van der Waals surface area contributed by atoms with Gasteiger partial charge in [0.15, 0.2) is 0 Å². The highest BCUT2D eigenvalue weighted by Crippen LogP contribution is 2.45. The first kappa shape index (κ1) is 26.8. The molecular weight excluding hydrogens is 570 g/mol. The Labute approximate surface area is 240 Å². The Balaban J connectivity index is 1.69. The topological polar surface area (TPSA) is 134 Å². The predicted octanol–water partition coefficient (Wildman–Crippen LogP) is 5.75. The molecule has 0 radical (unpaired) electrons. The van der Waals surface area contributed by atoms with E-state index >= 15 is 0 Å². The Bertz CT molecular complexity index is 2210. The fraction of sp³-hybridized carbons (Fsp3) is 0.100. The number of nitrogens with one attached hydrogen (secondary N) is 2. The monoisotopic (exact) mass is 590 g/mol. The van der Waals surface area contributed by atoms with Gasteiger partial charge in [0.05, 0.1) is 43.3 Å². The van der Waals surface area contributed by atoms with Crippen molar-refractivity contribution >= 4 is 61.8 Å². The number of benzene rings is 4. The van der Waals surface area contributed by atoms with Gasteiger partial charge < -0.3 is 20.8 Å². The molecule has 0 fully saturated rings. The summed E-state index contributed by atoms with van der Waals surface area (Å²) in [6, 6.07) is 15.4. The van der Waals surface area contributed by atoms with Crippen molar-refractivity contribution < 1.29 is 14.3 Å². The Hall–Kier alpha value is -4.44. The molecule has 0 aliphatic carbocycles. The smallest absolute Gasteiger partial charge is 0.333 e. The van der Waals surface area contributed by atoms with Gasteiger partial charge in [0.1, 0.15) is 5.82 Å². The van der Waals surface area contributed by atoms with Gasteiger partial charge in [-0.3, -0.25) is 9.59 Å². The van der Waals surface area contributed by atoms with E-state index in [1.54, 1.807) is 44.2 Å². The van der Waals surface area contributed by atoms with Crippen molar-refractivity contribution in [3.8, 4) is 16.8 Å². The van der Waals surface area contributed by atoms with Crippen LogP contribution in [0.1, 0.15) is 29.8 Å². The van der Waals surface area contributed by atoms with Crippen LogP contribution in [-0.2, 0) is 5.60 Å². The number of aromatic amines is 2. The lowest BCUT2D eigenvalue weighted by atomic mass is 9.94. The van der Waals surface area contributed by atoms with E-state index in [-0.39, 0.29) is 32.2 Å². The summed E-state index contributed by atoms with van der Waals surface area (Å²) in [7, 11) is 0. The number of nitrogens with zero attached hydrogens (tertiary/aromatic N) is 1. The van der Waals surface area contributed by atoms with Gasteiger partial charge in [-0.2, -0.15) is 0 Å². The Morgan fingerprint density at radius 1 is 0.976 bits per heavy atom. The molecule has 41 heavy (non-hydrogen) atoms. The first-order valence-electron chi connectivity index (χ1n) is 12.4. The zero-order valence-electron chi connectivity index (χ0n) is 21.6. The van der Waals surface area contributed by atoms with Gasteiger partial charge in [-0.1, -0.05) is 53.5 Å². The van der Waals surface area contributed by atoms with Gasteiger partial charge in [-0.15, -0.1) is 0 Å². The van der Waals surface area contributed by atoms with Crippen LogP contribution < -0.4 is 17.0 Å². The molecule has 0 aliphatic rings. The zero-order valence-corrected chi connectivity index (χ0v) is 23.1. The summed E-state index contributed by atoms with van der Waals surface area (Å²) < 4.78 is 15.1. The number of primary amides is 1. The number of nitrogens with two attached hydrogens (primary N) is 1. The molecule has 2 heterocycles. The molecule has 206 valence electrons. The van der Waals surface area contributed by atoms with E-state index in [2.05, 4.69) is 9.97 Å². The van der Waals surface area contributed by atoms with E-state index in [9.17, 15) is 23.9 Å². The number of para-hydroxylation sites is 1. The van der Waals surface area contributed by atoms with E-state index in [0.29, 0.717) is 38.5 Å². The number of aliphatic hydroxyl groups is 1. The van der Waals surface area contributed by atoms with Crippen LogP contribution >= 0.6 is 23.2 Å². The fourth-order valence-corrected chi connectivity index (χ4v) is 5.81. The summed E-state index contributed by atoms with van der Waals surface area (Å²) in [5.41, 5.74) is 5.37. The second-order valence-corrected chi connectivity index (χ2v) is 11.0. The van der Waals surface area contributed by atoms with E-state index in [0.717, 1.165) is 10.6 Å². The fourth-order valence-electron chi connectivity index (χ4n) is 5.20. The molecule has 6 aromatic rings. The largest absolute Gasteiger partial charge is 0.386 e. The van der Waals surface area contributed by atoms with Crippen LogP contribution in [0.5, 0.6) is 0 Å². The SMILES string of the molecule is CC(C)(O)c1ccc2c(c1)[nH]c1c(C(N)=O)cc(Cl)c(-c3cccc(-n4c(=O)[nH]c5c(F)cccc5c4=O)c3Cl)c12. The number of aromatic nitrogens is 3. The average Bonchev–Trinajstić information content (AvgIpc) is 3.28. The van der Waals surface area contributed by atoms with Crippen molar-refractivity contribution in [2.45, 2.75) is 19.4 Å². The Morgan fingerprint density at radius 2 is 1.71 bits per heavy atom. The molecule has 5 N–H and O–H groups in total. The van der Waals surface area contributed by atoms with E-state index in [1.165, 1.54) is 24.3 Å². The van der Waals surface area contributed by atoms with E-state index < -0.39 is 28.6 Å². The lowest BCUT2D eigenvalue weighted by molar-refractivity contribution is 0.0787. The van der Waals surface area contributed by atoms with Crippen molar-refractivity contribution in [1.29, 1.82) is 0 Å². The Morgan fingerprint density at radius 3 is 2.41 bits per heavy atom. The maximum absolute atomic E-state index is 14.3. The van der Waals surface area contributed by atoms with E-state index in [1.807, 2.05) is 0 Å². The van der Waals surface area contributed by atoms with Crippen molar-refractivity contribution in [2.75, 3.05) is 0 Å². The molecule has 1 amide bonds. The summed E-state index contributed by atoms with van der Waals surface area (Å²) in [6.45, 7) is 3.31. The zero-order chi connectivity index (χ0) is 29.4. The molecule has 0 bridgehead atoms. The van der Waals surface area contributed by atoms with Crippen LogP contribution in [0.4, 0.5) is 4.39 Å². The standard InChI is InChI=1S/C30H21Cl2FN4O4/c1-30(2,41)13-9-10-14-20(11-13)35-26-17(27(34)38)12-18(31)22(23(14)26)15-5-4-8-21(24(15)32)37-28(39)16-6-3-7-19(33)25(16)36-29(37)40/h3-12,35,41H,1-2H3,(H2,34,38)(H,36,40). The predicted molar refractivity (Wildman–Crippen MR) is 159 cm³/mol. The molecule has 6 rings (SSSR count). The molecule has 0 spiro atoms. The van der Waals surface area contributed by atoms with Crippen LogP contribution in [0.15, 0.2) is 70.3 Å². The molecule has 0 aliphatic heterocycles. The molecular formula is C30H21Cl2FN4O4. The highest BCUT2D eigenvalue weighted by Gasteiger charge is 2.25. The molecule has 8 nitrogen and oxygen atoms in total. The van der Waals surface area contributed by atoms with Crippen LogP contribution in [0.25, 0.3) is 49.5 Å². The summed E-state index contributed by atoms with van der Waals surface area (Å²) in [5.74, 6) is -1.45. The number of H-pyrrole nitrogens is 2. The quantitative estimate of drug-likeness (QED) is 0.208. The second kappa shape index (κ2) is 9.31. The lowest BCUT2D eigenvalue weighted by Crippen LogP contribution is -2.34. The third-order valence-corrected chi connectivity index (χ3v) is 7.87. The number of carbonyl (C=O) groups is 1. The first-order chi connectivity index (χ1) is 19.4. The van der Waals surface area contributed by atoms with Crippen LogP contribution in [0, 0.1) is 5.82 Å². The van der Waals surface area contributed by atoms with Crippen molar-refractivity contribution in [1.82, 2.24) is 14.5 Å². The molecule has 0 saturated carbocycles. The number of rotatable bonds is 4. The van der Waals surface area contributed by atoms with Gasteiger partial charge in [0.2, 0.25) is 0 Å². The maximum Gasteiger partial charge on any atom is 0.333 e. The number of carbonyl (C=O) groups excluding carboxylic acids is 1. The molecule has 0 atom stereocenters. The van der Waals surface area contributed by atoms with Gasteiger partial charge >= 0.3 is 5.69 Å². The number of hydrogen-bond donors (Lipinski definition) is 4. The van der Waals surface area contributed by atoms with Gasteiger partial charge in [0.25, 0.3) is 11.5 Å². The maximum atomic E-state index is 14.3. The molecule has 2 aromatic heterocycles. The lowest BCUT2D eigenvalue weighted by Gasteiger charge is -2.17. The van der Waals surface area contributed by atoms with Gasteiger partial charge in [0, 0.05) is 27.4 Å². The highest BCUT2D eigenvalue weighted by molar-refractivity contribution is 6.40. The van der Waals surface area contributed by atoms with Crippen LogP contribution in [0.3, 0.4) is 0 Å². The Kier molecular flexibility index (Phi) is 6.07. The van der Waals surface area contributed by atoms with Crippen molar-refractivity contribution in [2.24, 2.45) is 5.73 Å². The minimum absolute atomic E-state index is 0.0216. The third kappa shape index (κ3) is 4.12. The minimum atomic E-state index is -1.13. The van der Waals surface area contributed by atoms with Gasteiger partial charge in [-0.05, 0) is 49.7 Å². The third-order valence-electron chi connectivity index (χ3n) is 7.17. The highest BCUT2D eigenvalue weighted by atomic mass is 35.5. The van der Waals surface area contributed by atoms with E-state index in [4.69, 9.17) is 28.9 Å². The van der Waals surface area contributed by atoms with Crippen LogP contribution in [-0.4, -0.2) is 25.5 Å². The number of hydrogen-bond acceptors (Lipinski definition) is 4. The molecule has 4 aromatic carbocycles. The normalized spacial score (nSPS) is 12.0. The summed E-state index contributed by atoms with van der Waals surface area (Å²) >= 11 is 13.7. The summed E-state index contributed by atoms with van der Waals surface area (Å²) in [6.07, 6.45) is 0. The molecule has 0 unspecified atom stereocenters. The molecule has 11 heteroatoms. The molecule has 0 saturated heterocycles. The van der Waals surface area contributed by atoms with Crippen molar-refractivity contribution in [3.63, 3.8) is 0 Å². The summed E-state index contributed by atoms with van der Waals surface area (Å²) in [5, 5.41) is 11.9. The van der Waals surface area contributed by atoms with Crippen LogP contribution in [0.2, 0.25) is 10.0 Å². The minimum Gasteiger partial charge on any atom is -0.386 e. The number of amides is 1. The number of fused-ring (bicyclic) bond motifs is 4.